The van der Waals surface area contributed by atoms with Crippen LogP contribution in [0.3, 0.4) is 0 Å². The fraction of sp³-hybridized carbons (Fsp3) is 0.310. The van der Waals surface area contributed by atoms with Crippen molar-refractivity contribution >= 4 is 45.5 Å². The minimum absolute atomic E-state index is 0.0242. The summed E-state index contributed by atoms with van der Waals surface area (Å²) < 4.78 is 1.74. The predicted octanol–water partition coefficient (Wildman–Crippen LogP) is 6.35. The number of benzene rings is 3. The predicted molar refractivity (Wildman–Crippen MR) is 143 cm³/mol. The number of carbonyl (C=O) groups is 1. The van der Waals surface area contributed by atoms with Crippen LogP contribution in [0.25, 0.3) is 10.8 Å². The Labute approximate surface area is 212 Å². The number of thioether (sulfide) groups is 1. The zero-order chi connectivity index (χ0) is 23.5. The van der Waals surface area contributed by atoms with Crippen molar-refractivity contribution in [3.63, 3.8) is 0 Å². The number of nitrogens with zero attached hydrogens (tertiary/aromatic N) is 1. The van der Waals surface area contributed by atoms with Gasteiger partial charge in [-0.2, -0.15) is 0 Å². The first-order valence-electron chi connectivity index (χ1n) is 12.4. The molecule has 4 nitrogen and oxygen atoms in total. The number of hydrogen-bond donors (Lipinski definition) is 1. The van der Waals surface area contributed by atoms with E-state index < -0.39 is 0 Å². The number of fused-ring (bicyclic) bond motifs is 7. The van der Waals surface area contributed by atoms with E-state index in [2.05, 4.69) is 35.6 Å². The molecule has 2 fully saturated rings. The number of anilines is 1. The third-order valence-corrected chi connectivity index (χ3v) is 11.0. The number of carbonyl (C=O) groups excluding carboxylic acids is 1. The Morgan fingerprint density at radius 2 is 1.71 bits per heavy atom. The monoisotopic (exact) mass is 498 g/mol. The highest BCUT2D eigenvalue weighted by Gasteiger charge is 2.55. The Balaban J connectivity index is 1.24. The van der Waals surface area contributed by atoms with E-state index in [1.165, 1.54) is 36.2 Å². The highest BCUT2D eigenvalue weighted by molar-refractivity contribution is 8.00. The van der Waals surface area contributed by atoms with Crippen molar-refractivity contribution < 1.29 is 4.79 Å². The summed E-state index contributed by atoms with van der Waals surface area (Å²) in [6.07, 6.45) is 3.92. The van der Waals surface area contributed by atoms with Crippen LogP contribution in [0, 0.1) is 17.8 Å². The Morgan fingerprint density at radius 1 is 0.943 bits per heavy atom. The van der Waals surface area contributed by atoms with Gasteiger partial charge in [-0.05, 0) is 54.0 Å². The largest absolute Gasteiger partial charge is 0.324 e. The summed E-state index contributed by atoms with van der Waals surface area (Å²) in [7, 11) is 0. The third kappa shape index (κ3) is 3.49. The molecule has 6 heteroatoms. The van der Waals surface area contributed by atoms with Crippen LogP contribution in [0.1, 0.15) is 35.6 Å². The molecule has 1 N–H and O–H groups in total. The Hall–Kier alpha value is -2.83. The van der Waals surface area contributed by atoms with E-state index in [-0.39, 0.29) is 23.2 Å². The number of aromatic nitrogens is 1. The van der Waals surface area contributed by atoms with Gasteiger partial charge in [0.15, 0.2) is 0 Å². The van der Waals surface area contributed by atoms with Gasteiger partial charge in [0.25, 0.3) is 0 Å². The average molecular weight is 499 g/mol. The molecule has 3 aromatic carbocycles. The summed E-state index contributed by atoms with van der Waals surface area (Å²) in [4.78, 5) is 27.6. The van der Waals surface area contributed by atoms with E-state index in [1.807, 2.05) is 54.2 Å². The maximum atomic E-state index is 13.3. The molecule has 3 aliphatic rings. The van der Waals surface area contributed by atoms with Crippen molar-refractivity contribution in [2.75, 3.05) is 5.32 Å². The first-order chi connectivity index (χ1) is 17.2. The Morgan fingerprint density at radius 3 is 2.60 bits per heavy atom. The molecule has 2 aliphatic carbocycles. The summed E-state index contributed by atoms with van der Waals surface area (Å²) in [6, 6.07) is 24.6. The van der Waals surface area contributed by atoms with E-state index in [1.54, 1.807) is 4.57 Å². The summed E-state index contributed by atoms with van der Waals surface area (Å²) in [5, 5.41) is 6.72. The van der Waals surface area contributed by atoms with Crippen molar-refractivity contribution in [3.8, 4) is 0 Å². The molecule has 2 heterocycles. The topological polar surface area (TPSA) is 51.1 Å². The van der Waals surface area contributed by atoms with Crippen LogP contribution in [0.4, 0.5) is 5.69 Å². The lowest BCUT2D eigenvalue weighted by Crippen LogP contribution is -2.34. The molecule has 5 unspecified atom stereocenters. The molecule has 1 aromatic heterocycles. The Kier molecular flexibility index (Phi) is 5.14. The van der Waals surface area contributed by atoms with Gasteiger partial charge >= 0.3 is 4.87 Å². The maximum Gasteiger partial charge on any atom is 0.308 e. The second-order valence-electron chi connectivity index (χ2n) is 10.1. The lowest BCUT2D eigenvalue weighted by molar-refractivity contribution is -0.116. The van der Waals surface area contributed by atoms with Crippen molar-refractivity contribution in [1.29, 1.82) is 0 Å². The first-order valence-corrected chi connectivity index (χ1v) is 14.1. The van der Waals surface area contributed by atoms with Gasteiger partial charge in [-0.3, -0.25) is 14.2 Å². The number of amides is 1. The standard InChI is InChI=1S/C29H26N2O2S2/c32-23(30-22-12-6-10-17-7-4-5-11-21(17)22)16-31-28-27(35-29(31)33)24(18-8-2-1-3-9-18)25-19-13-14-20(15-19)26(25)34-28/h1-12,19-20,24-26H,13-16H2,(H,30,32). The van der Waals surface area contributed by atoms with Crippen LogP contribution >= 0.6 is 23.1 Å². The molecule has 1 amide bonds. The molecule has 176 valence electrons. The fourth-order valence-corrected chi connectivity index (χ4v) is 9.94. The number of rotatable bonds is 4. The highest BCUT2D eigenvalue weighted by atomic mass is 32.2. The molecular weight excluding hydrogens is 472 g/mol. The third-order valence-electron chi connectivity index (χ3n) is 8.21. The average Bonchev–Trinajstić information content (AvgIpc) is 3.58. The molecule has 0 spiro atoms. The molecule has 7 rings (SSSR count). The van der Waals surface area contributed by atoms with Crippen LogP contribution in [0.5, 0.6) is 0 Å². The van der Waals surface area contributed by atoms with Gasteiger partial charge in [0.2, 0.25) is 5.91 Å². The highest BCUT2D eigenvalue weighted by Crippen LogP contribution is 2.63. The van der Waals surface area contributed by atoms with Crippen LogP contribution in [-0.2, 0) is 11.3 Å². The summed E-state index contributed by atoms with van der Waals surface area (Å²) in [5.74, 6) is 2.16. The van der Waals surface area contributed by atoms with Gasteiger partial charge in [-0.1, -0.05) is 78.1 Å². The zero-order valence-corrected chi connectivity index (χ0v) is 20.9. The van der Waals surface area contributed by atoms with Crippen molar-refractivity contribution in [1.82, 2.24) is 4.57 Å². The second-order valence-corrected chi connectivity index (χ2v) is 12.2. The fourth-order valence-electron chi connectivity index (χ4n) is 6.79. The van der Waals surface area contributed by atoms with E-state index in [4.69, 9.17) is 0 Å². The SMILES string of the molecule is O=C(Cn1c2c(sc1=O)C(c1ccccc1)C1C3CCC(C3)C1S2)Nc1cccc2ccccc12. The molecule has 2 saturated carbocycles. The zero-order valence-electron chi connectivity index (χ0n) is 19.2. The van der Waals surface area contributed by atoms with Crippen molar-refractivity contribution in [2.45, 2.75) is 42.0 Å². The summed E-state index contributed by atoms with van der Waals surface area (Å²) in [6.45, 7) is 0.0495. The van der Waals surface area contributed by atoms with Crippen LogP contribution < -0.4 is 10.2 Å². The van der Waals surface area contributed by atoms with E-state index >= 15 is 0 Å². The second kappa shape index (κ2) is 8.38. The smallest absolute Gasteiger partial charge is 0.308 e. The van der Waals surface area contributed by atoms with Crippen molar-refractivity contribution in [2.24, 2.45) is 17.8 Å². The van der Waals surface area contributed by atoms with Gasteiger partial charge in [0, 0.05) is 27.1 Å². The lowest BCUT2D eigenvalue weighted by atomic mass is 9.75. The van der Waals surface area contributed by atoms with Gasteiger partial charge in [0.05, 0.1) is 5.03 Å². The molecule has 2 bridgehead atoms. The van der Waals surface area contributed by atoms with Crippen LogP contribution in [-0.4, -0.2) is 15.7 Å². The van der Waals surface area contributed by atoms with E-state index in [9.17, 15) is 9.59 Å². The maximum absolute atomic E-state index is 13.3. The molecule has 1 aliphatic heterocycles. The molecule has 35 heavy (non-hydrogen) atoms. The minimum atomic E-state index is -0.156. The number of thiazole rings is 1. The van der Waals surface area contributed by atoms with Crippen LogP contribution in [0.15, 0.2) is 82.6 Å². The van der Waals surface area contributed by atoms with Gasteiger partial charge < -0.3 is 5.32 Å². The minimum Gasteiger partial charge on any atom is -0.324 e. The molecule has 0 radical (unpaired) electrons. The normalized spacial score (nSPS) is 26.5. The molecule has 5 atom stereocenters. The number of nitrogens with one attached hydrogen (secondary N) is 1. The summed E-state index contributed by atoms with van der Waals surface area (Å²) >= 11 is 3.23. The van der Waals surface area contributed by atoms with E-state index in [0.29, 0.717) is 11.2 Å². The Bertz CT molecular complexity index is 1490. The number of hydrogen-bond acceptors (Lipinski definition) is 4. The van der Waals surface area contributed by atoms with Crippen LogP contribution in [0.2, 0.25) is 0 Å². The van der Waals surface area contributed by atoms with E-state index in [0.717, 1.165) is 38.2 Å². The molecule has 0 saturated heterocycles. The first kappa shape index (κ1) is 21.5. The van der Waals surface area contributed by atoms with Gasteiger partial charge in [-0.25, -0.2) is 0 Å². The van der Waals surface area contributed by atoms with Gasteiger partial charge in [0.1, 0.15) is 6.54 Å². The molecular formula is C29H26N2O2S2. The lowest BCUT2D eigenvalue weighted by Gasteiger charge is -2.40. The quantitative estimate of drug-likeness (QED) is 0.356. The summed E-state index contributed by atoms with van der Waals surface area (Å²) in [5.41, 5.74) is 2.10. The molecule has 4 aromatic rings. The van der Waals surface area contributed by atoms with Crippen molar-refractivity contribution in [3.05, 3.63) is 92.9 Å². The van der Waals surface area contributed by atoms with Gasteiger partial charge in [-0.15, -0.1) is 11.8 Å².